The van der Waals surface area contributed by atoms with Gasteiger partial charge in [-0.2, -0.15) is 0 Å². The van der Waals surface area contributed by atoms with Crippen molar-refractivity contribution in [2.45, 2.75) is 39.7 Å². The predicted octanol–water partition coefficient (Wildman–Crippen LogP) is 3.07. The van der Waals surface area contributed by atoms with Gasteiger partial charge < -0.3 is 15.4 Å². The Balaban J connectivity index is 3.06. The normalized spacial score (nSPS) is 10.6. The maximum Gasteiger partial charge on any atom is 0.338 e. The van der Waals surface area contributed by atoms with Crippen molar-refractivity contribution in [3.05, 3.63) is 23.8 Å². The van der Waals surface area contributed by atoms with Crippen molar-refractivity contribution in [1.29, 1.82) is 0 Å². The molecule has 1 aromatic carbocycles. The maximum absolute atomic E-state index is 11.8. The zero-order valence-electron chi connectivity index (χ0n) is 12.3. The summed E-state index contributed by atoms with van der Waals surface area (Å²) in [5.41, 5.74) is 8.13. The number of nitrogens with two attached hydrogens (primary N) is 1. The molecule has 0 radical (unpaired) electrons. The van der Waals surface area contributed by atoms with Gasteiger partial charge in [-0.3, -0.25) is 0 Å². The number of anilines is 2. The number of benzene rings is 1. The van der Waals surface area contributed by atoms with Gasteiger partial charge in [-0.1, -0.05) is 13.8 Å². The first-order valence-electron chi connectivity index (χ1n) is 6.84. The second-order valence-electron chi connectivity index (χ2n) is 4.58. The summed E-state index contributed by atoms with van der Waals surface area (Å²) in [5.74, 6) is -0.304. The van der Waals surface area contributed by atoms with Crippen molar-refractivity contribution in [2.75, 3.05) is 24.3 Å². The van der Waals surface area contributed by atoms with E-state index in [0.717, 1.165) is 18.5 Å². The van der Waals surface area contributed by atoms with Gasteiger partial charge in [0.25, 0.3) is 0 Å². The number of nitrogen functional groups attached to an aromatic ring is 1. The lowest BCUT2D eigenvalue weighted by Gasteiger charge is -2.29. The van der Waals surface area contributed by atoms with Gasteiger partial charge in [-0.05, 0) is 38.0 Å². The highest BCUT2D eigenvalue weighted by Crippen LogP contribution is 2.27. The zero-order valence-corrected chi connectivity index (χ0v) is 12.3. The van der Waals surface area contributed by atoms with E-state index in [1.165, 1.54) is 0 Å². The average Bonchev–Trinajstić information content (AvgIpc) is 2.40. The number of hydrogen-bond acceptors (Lipinski definition) is 4. The quantitative estimate of drug-likeness (QED) is 0.633. The molecule has 106 valence electrons. The van der Waals surface area contributed by atoms with Gasteiger partial charge in [0.15, 0.2) is 0 Å². The van der Waals surface area contributed by atoms with Crippen molar-refractivity contribution in [2.24, 2.45) is 0 Å². The highest BCUT2D eigenvalue weighted by Gasteiger charge is 2.16. The standard InChI is InChI=1S/C15H24N2O2/c1-5-12(6-2)17(4)14-10-11(8-9-13(14)16)15(18)19-7-3/h8-10,12H,5-7,16H2,1-4H3. The highest BCUT2D eigenvalue weighted by atomic mass is 16.5. The summed E-state index contributed by atoms with van der Waals surface area (Å²) >= 11 is 0. The van der Waals surface area contributed by atoms with E-state index in [-0.39, 0.29) is 5.97 Å². The first-order chi connectivity index (χ1) is 9.04. The Hall–Kier alpha value is -1.71. The number of nitrogens with zero attached hydrogens (tertiary/aromatic N) is 1. The second-order valence-corrected chi connectivity index (χ2v) is 4.58. The molecule has 0 atom stereocenters. The summed E-state index contributed by atoms with van der Waals surface area (Å²) in [6.45, 7) is 6.47. The van der Waals surface area contributed by atoms with Crippen LogP contribution in [0, 0.1) is 0 Å². The van der Waals surface area contributed by atoms with E-state index in [9.17, 15) is 4.79 Å². The van der Waals surface area contributed by atoms with Gasteiger partial charge in [0, 0.05) is 13.1 Å². The Kier molecular flexibility index (Phi) is 5.67. The monoisotopic (exact) mass is 264 g/mol. The number of hydrogen-bond donors (Lipinski definition) is 1. The van der Waals surface area contributed by atoms with E-state index in [1.807, 2.05) is 13.1 Å². The van der Waals surface area contributed by atoms with Crippen molar-refractivity contribution in [3.8, 4) is 0 Å². The second kappa shape index (κ2) is 7.02. The Morgan fingerprint density at radius 1 is 1.32 bits per heavy atom. The third kappa shape index (κ3) is 3.63. The van der Waals surface area contributed by atoms with Gasteiger partial charge in [0.1, 0.15) is 0 Å². The van der Waals surface area contributed by atoms with E-state index in [1.54, 1.807) is 19.1 Å². The average molecular weight is 264 g/mol. The minimum atomic E-state index is -0.304. The molecule has 4 nitrogen and oxygen atoms in total. The van der Waals surface area contributed by atoms with Crippen molar-refractivity contribution >= 4 is 17.3 Å². The van der Waals surface area contributed by atoms with Crippen LogP contribution in [-0.4, -0.2) is 25.7 Å². The van der Waals surface area contributed by atoms with Gasteiger partial charge in [0.05, 0.1) is 23.5 Å². The number of ether oxygens (including phenoxy) is 1. The molecule has 0 bridgehead atoms. The first-order valence-corrected chi connectivity index (χ1v) is 6.84. The van der Waals surface area contributed by atoms with Crippen LogP contribution in [0.25, 0.3) is 0 Å². The fraction of sp³-hybridized carbons (Fsp3) is 0.533. The third-order valence-electron chi connectivity index (χ3n) is 3.41. The van der Waals surface area contributed by atoms with Crippen LogP contribution < -0.4 is 10.6 Å². The van der Waals surface area contributed by atoms with Crippen LogP contribution in [0.4, 0.5) is 11.4 Å². The SMILES string of the molecule is CCOC(=O)c1ccc(N)c(N(C)C(CC)CC)c1. The van der Waals surface area contributed by atoms with Crippen LogP contribution >= 0.6 is 0 Å². The molecule has 0 unspecified atom stereocenters. The first kappa shape index (κ1) is 15.3. The van der Waals surface area contributed by atoms with Crippen LogP contribution in [0.5, 0.6) is 0 Å². The van der Waals surface area contributed by atoms with Crippen LogP contribution in [-0.2, 0) is 4.74 Å². The van der Waals surface area contributed by atoms with Gasteiger partial charge in [-0.25, -0.2) is 4.79 Å². The third-order valence-corrected chi connectivity index (χ3v) is 3.41. The molecule has 0 amide bonds. The molecule has 4 heteroatoms. The molecule has 0 aliphatic heterocycles. The minimum Gasteiger partial charge on any atom is -0.462 e. The van der Waals surface area contributed by atoms with E-state index >= 15 is 0 Å². The molecule has 0 saturated heterocycles. The molecule has 19 heavy (non-hydrogen) atoms. The fourth-order valence-corrected chi connectivity index (χ4v) is 2.22. The van der Waals surface area contributed by atoms with E-state index in [2.05, 4.69) is 18.7 Å². The molecular weight excluding hydrogens is 240 g/mol. The molecular formula is C15H24N2O2. The Bertz CT molecular complexity index is 428. The van der Waals surface area contributed by atoms with Crippen molar-refractivity contribution < 1.29 is 9.53 Å². The summed E-state index contributed by atoms with van der Waals surface area (Å²) in [6.07, 6.45) is 2.08. The minimum absolute atomic E-state index is 0.304. The maximum atomic E-state index is 11.8. The molecule has 0 spiro atoms. The largest absolute Gasteiger partial charge is 0.462 e. The summed E-state index contributed by atoms with van der Waals surface area (Å²) in [4.78, 5) is 13.9. The topological polar surface area (TPSA) is 55.6 Å². The van der Waals surface area contributed by atoms with Crippen molar-refractivity contribution in [1.82, 2.24) is 0 Å². The lowest BCUT2D eigenvalue weighted by Crippen LogP contribution is -2.31. The molecule has 0 aromatic heterocycles. The summed E-state index contributed by atoms with van der Waals surface area (Å²) in [6, 6.07) is 5.70. The molecule has 1 rings (SSSR count). The summed E-state index contributed by atoms with van der Waals surface area (Å²) in [5, 5.41) is 0. The van der Waals surface area contributed by atoms with Gasteiger partial charge in [0.2, 0.25) is 0 Å². The molecule has 0 aliphatic carbocycles. The van der Waals surface area contributed by atoms with Gasteiger partial charge >= 0.3 is 5.97 Å². The number of rotatable bonds is 6. The fourth-order valence-electron chi connectivity index (χ4n) is 2.22. The van der Waals surface area contributed by atoms with Crippen LogP contribution in [0.3, 0.4) is 0 Å². The number of carbonyl (C=O) groups excluding carboxylic acids is 1. The van der Waals surface area contributed by atoms with Gasteiger partial charge in [-0.15, -0.1) is 0 Å². The molecule has 0 saturated carbocycles. The Morgan fingerprint density at radius 2 is 1.95 bits per heavy atom. The van der Waals surface area contributed by atoms with E-state index in [0.29, 0.717) is 23.9 Å². The lowest BCUT2D eigenvalue weighted by atomic mass is 10.1. The molecule has 1 aromatic rings. The Labute approximate surface area is 115 Å². The molecule has 0 fully saturated rings. The zero-order chi connectivity index (χ0) is 14.4. The van der Waals surface area contributed by atoms with Crippen LogP contribution in [0.1, 0.15) is 44.0 Å². The summed E-state index contributed by atoms with van der Waals surface area (Å²) < 4.78 is 5.02. The number of esters is 1. The van der Waals surface area contributed by atoms with Crippen LogP contribution in [0.15, 0.2) is 18.2 Å². The van der Waals surface area contributed by atoms with Crippen molar-refractivity contribution in [3.63, 3.8) is 0 Å². The molecule has 0 heterocycles. The molecule has 0 aliphatic rings. The lowest BCUT2D eigenvalue weighted by molar-refractivity contribution is 0.0526. The highest BCUT2D eigenvalue weighted by molar-refractivity contribution is 5.92. The smallest absolute Gasteiger partial charge is 0.338 e. The van der Waals surface area contributed by atoms with Crippen LogP contribution in [0.2, 0.25) is 0 Å². The Morgan fingerprint density at radius 3 is 2.47 bits per heavy atom. The molecule has 2 N–H and O–H groups in total. The predicted molar refractivity (Wildman–Crippen MR) is 79.6 cm³/mol. The van der Waals surface area contributed by atoms with E-state index in [4.69, 9.17) is 10.5 Å². The van der Waals surface area contributed by atoms with E-state index < -0.39 is 0 Å². The summed E-state index contributed by atoms with van der Waals surface area (Å²) in [7, 11) is 2.01. The number of carbonyl (C=O) groups is 1.